The molecule has 1 aliphatic rings. The number of aryl methyl sites for hydroxylation is 1. The van der Waals surface area contributed by atoms with Gasteiger partial charge in [-0.1, -0.05) is 11.6 Å². The van der Waals surface area contributed by atoms with Crippen LogP contribution in [-0.4, -0.2) is 33.9 Å². The number of furan rings is 1. The van der Waals surface area contributed by atoms with Crippen LogP contribution in [0, 0.1) is 6.92 Å². The standard InChI is InChI=1S/C18H19ClN4O3S/c1-11-14(6-8-26-11)17(24)23-18(20-9-13-4-5-15(19)27-13)21-16(22-23)12-3-2-7-25-10-12/h4-6,8,12H,2-3,7,9-10H2,1H3,(H,20,21,22). The molecular formula is C18H19ClN4O3S. The molecule has 0 amide bonds. The molecule has 0 aromatic carbocycles. The largest absolute Gasteiger partial charge is 0.469 e. The van der Waals surface area contributed by atoms with Gasteiger partial charge in [0.05, 0.1) is 29.3 Å². The molecule has 0 saturated carbocycles. The Morgan fingerprint density at radius 1 is 1.44 bits per heavy atom. The minimum Gasteiger partial charge on any atom is -0.469 e. The summed E-state index contributed by atoms with van der Waals surface area (Å²) in [6.07, 6.45) is 3.41. The van der Waals surface area contributed by atoms with Crippen LogP contribution in [0.25, 0.3) is 0 Å². The van der Waals surface area contributed by atoms with E-state index >= 15 is 0 Å². The monoisotopic (exact) mass is 406 g/mol. The van der Waals surface area contributed by atoms with E-state index < -0.39 is 0 Å². The minimum absolute atomic E-state index is 0.0926. The van der Waals surface area contributed by atoms with Gasteiger partial charge < -0.3 is 14.5 Å². The molecule has 4 rings (SSSR count). The number of nitrogens with one attached hydrogen (secondary N) is 1. The lowest BCUT2D eigenvalue weighted by Crippen LogP contribution is -2.19. The number of thiophene rings is 1. The molecule has 0 aliphatic carbocycles. The van der Waals surface area contributed by atoms with E-state index in [4.69, 9.17) is 20.8 Å². The van der Waals surface area contributed by atoms with Crippen LogP contribution in [0.15, 0.2) is 28.9 Å². The number of halogens is 1. The SMILES string of the molecule is Cc1occc1C(=O)n1nc(C2CCCOC2)nc1NCc1ccc(Cl)s1. The summed E-state index contributed by atoms with van der Waals surface area (Å²) < 4.78 is 12.9. The molecule has 4 heterocycles. The van der Waals surface area contributed by atoms with E-state index in [9.17, 15) is 4.79 Å². The van der Waals surface area contributed by atoms with E-state index in [0.29, 0.717) is 36.2 Å². The molecule has 3 aromatic rings. The van der Waals surface area contributed by atoms with Gasteiger partial charge in [-0.15, -0.1) is 16.4 Å². The van der Waals surface area contributed by atoms with E-state index in [2.05, 4.69) is 15.4 Å². The van der Waals surface area contributed by atoms with Crippen molar-refractivity contribution in [3.8, 4) is 0 Å². The van der Waals surface area contributed by atoms with Gasteiger partial charge in [0.2, 0.25) is 5.95 Å². The predicted molar refractivity (Wildman–Crippen MR) is 103 cm³/mol. The van der Waals surface area contributed by atoms with Crippen molar-refractivity contribution in [1.82, 2.24) is 14.8 Å². The maximum absolute atomic E-state index is 13.0. The maximum atomic E-state index is 13.0. The molecule has 142 valence electrons. The lowest BCUT2D eigenvalue weighted by Gasteiger charge is -2.18. The van der Waals surface area contributed by atoms with Crippen molar-refractivity contribution >= 4 is 34.8 Å². The Kier molecular flexibility index (Phi) is 5.29. The fraction of sp³-hybridized carbons (Fsp3) is 0.389. The average molecular weight is 407 g/mol. The van der Waals surface area contributed by atoms with E-state index in [1.807, 2.05) is 12.1 Å². The molecule has 1 N–H and O–H groups in total. The summed E-state index contributed by atoms with van der Waals surface area (Å²) >= 11 is 7.48. The highest BCUT2D eigenvalue weighted by Crippen LogP contribution is 2.26. The van der Waals surface area contributed by atoms with Gasteiger partial charge in [0.25, 0.3) is 5.91 Å². The van der Waals surface area contributed by atoms with Crippen molar-refractivity contribution in [2.45, 2.75) is 32.2 Å². The van der Waals surface area contributed by atoms with Gasteiger partial charge in [0.1, 0.15) is 5.76 Å². The molecule has 1 unspecified atom stereocenters. The molecule has 7 nitrogen and oxygen atoms in total. The maximum Gasteiger partial charge on any atom is 0.284 e. The van der Waals surface area contributed by atoms with Gasteiger partial charge in [-0.3, -0.25) is 4.79 Å². The zero-order valence-corrected chi connectivity index (χ0v) is 16.3. The molecule has 1 fully saturated rings. The van der Waals surface area contributed by atoms with Crippen molar-refractivity contribution in [3.63, 3.8) is 0 Å². The van der Waals surface area contributed by atoms with Gasteiger partial charge in [-0.25, -0.2) is 0 Å². The summed E-state index contributed by atoms with van der Waals surface area (Å²) in [6.45, 7) is 3.59. The van der Waals surface area contributed by atoms with Crippen LogP contribution in [0.4, 0.5) is 5.95 Å². The molecule has 0 spiro atoms. The average Bonchev–Trinajstić information content (AvgIpc) is 3.40. The number of nitrogens with zero attached hydrogens (tertiary/aromatic N) is 3. The third kappa shape index (κ3) is 3.92. The molecular weight excluding hydrogens is 388 g/mol. The summed E-state index contributed by atoms with van der Waals surface area (Å²) in [4.78, 5) is 18.6. The van der Waals surface area contributed by atoms with E-state index in [1.54, 1.807) is 13.0 Å². The first-order chi connectivity index (χ1) is 13.1. The molecule has 0 bridgehead atoms. The molecule has 3 aromatic heterocycles. The third-order valence-electron chi connectivity index (χ3n) is 4.48. The Balaban J connectivity index is 1.63. The lowest BCUT2D eigenvalue weighted by molar-refractivity contribution is 0.0776. The molecule has 1 saturated heterocycles. The van der Waals surface area contributed by atoms with E-state index in [-0.39, 0.29) is 11.8 Å². The zero-order chi connectivity index (χ0) is 18.8. The van der Waals surface area contributed by atoms with E-state index in [0.717, 1.165) is 28.7 Å². The lowest BCUT2D eigenvalue weighted by atomic mass is 10.0. The summed E-state index contributed by atoms with van der Waals surface area (Å²) in [5.41, 5.74) is 0.466. The second-order valence-electron chi connectivity index (χ2n) is 6.37. The molecule has 0 radical (unpaired) electrons. The van der Waals surface area contributed by atoms with Crippen LogP contribution in [0.3, 0.4) is 0 Å². The van der Waals surface area contributed by atoms with Gasteiger partial charge >= 0.3 is 0 Å². The first kappa shape index (κ1) is 18.2. The van der Waals surface area contributed by atoms with Crippen LogP contribution in [-0.2, 0) is 11.3 Å². The summed E-state index contributed by atoms with van der Waals surface area (Å²) in [5, 5.41) is 7.71. The van der Waals surface area contributed by atoms with Gasteiger partial charge in [0.15, 0.2) is 5.82 Å². The van der Waals surface area contributed by atoms with Crippen LogP contribution in [0.1, 0.15) is 45.6 Å². The summed E-state index contributed by atoms with van der Waals surface area (Å²) in [5.74, 6) is 1.40. The number of ether oxygens (including phenoxy) is 1. The fourth-order valence-corrected chi connectivity index (χ4v) is 4.06. The third-order valence-corrected chi connectivity index (χ3v) is 5.71. The Bertz CT molecular complexity index is 942. The normalized spacial score (nSPS) is 17.2. The minimum atomic E-state index is -0.275. The van der Waals surface area contributed by atoms with Crippen molar-refractivity contribution in [1.29, 1.82) is 0 Å². The predicted octanol–water partition coefficient (Wildman–Crippen LogP) is 4.09. The second-order valence-corrected chi connectivity index (χ2v) is 8.17. The molecule has 1 atom stereocenters. The number of hydrogen-bond donors (Lipinski definition) is 1. The highest BCUT2D eigenvalue weighted by Gasteiger charge is 2.26. The van der Waals surface area contributed by atoms with E-state index in [1.165, 1.54) is 22.3 Å². The highest BCUT2D eigenvalue weighted by molar-refractivity contribution is 7.16. The van der Waals surface area contributed by atoms with Crippen LogP contribution in [0.2, 0.25) is 4.34 Å². The first-order valence-corrected chi connectivity index (χ1v) is 9.93. The van der Waals surface area contributed by atoms with Crippen molar-refractivity contribution in [2.75, 3.05) is 18.5 Å². The van der Waals surface area contributed by atoms with Crippen molar-refractivity contribution in [3.05, 3.63) is 50.8 Å². The Morgan fingerprint density at radius 3 is 3.00 bits per heavy atom. The quantitative estimate of drug-likeness (QED) is 0.687. The van der Waals surface area contributed by atoms with Crippen LogP contribution >= 0.6 is 22.9 Å². The fourth-order valence-electron chi connectivity index (χ4n) is 3.04. The number of carbonyl (C=O) groups excluding carboxylic acids is 1. The number of hydrogen-bond acceptors (Lipinski definition) is 7. The second kappa shape index (κ2) is 7.84. The summed E-state index contributed by atoms with van der Waals surface area (Å²) in [6, 6.07) is 5.43. The first-order valence-electron chi connectivity index (χ1n) is 8.73. The molecule has 9 heteroatoms. The van der Waals surface area contributed by atoms with Crippen LogP contribution < -0.4 is 5.32 Å². The smallest absolute Gasteiger partial charge is 0.284 e. The Hall–Kier alpha value is -2.16. The Labute approximate surface area is 165 Å². The van der Waals surface area contributed by atoms with Crippen LogP contribution in [0.5, 0.6) is 0 Å². The number of rotatable bonds is 5. The van der Waals surface area contributed by atoms with Crippen molar-refractivity contribution < 1.29 is 13.9 Å². The number of carbonyl (C=O) groups is 1. The topological polar surface area (TPSA) is 82.2 Å². The van der Waals surface area contributed by atoms with Gasteiger partial charge in [-0.05, 0) is 38.0 Å². The molecule has 1 aliphatic heterocycles. The number of anilines is 1. The zero-order valence-electron chi connectivity index (χ0n) is 14.8. The Morgan fingerprint density at radius 2 is 2.33 bits per heavy atom. The van der Waals surface area contributed by atoms with Gasteiger partial charge in [0, 0.05) is 17.4 Å². The van der Waals surface area contributed by atoms with Crippen molar-refractivity contribution in [2.24, 2.45) is 0 Å². The molecule has 27 heavy (non-hydrogen) atoms. The number of aromatic nitrogens is 3. The summed E-state index contributed by atoms with van der Waals surface area (Å²) in [7, 11) is 0. The van der Waals surface area contributed by atoms with Gasteiger partial charge in [-0.2, -0.15) is 9.67 Å². The highest BCUT2D eigenvalue weighted by atomic mass is 35.5.